The number of rotatable bonds is 5. The lowest BCUT2D eigenvalue weighted by atomic mass is 9.87. The van der Waals surface area contributed by atoms with Crippen molar-refractivity contribution in [2.75, 3.05) is 0 Å². The Morgan fingerprint density at radius 1 is 1.19 bits per heavy atom. The highest BCUT2D eigenvalue weighted by Gasteiger charge is 2.23. The van der Waals surface area contributed by atoms with E-state index in [9.17, 15) is 0 Å². The lowest BCUT2D eigenvalue weighted by Gasteiger charge is -2.25. The van der Waals surface area contributed by atoms with Gasteiger partial charge < -0.3 is 9.84 Å². The van der Waals surface area contributed by atoms with Crippen molar-refractivity contribution in [3.05, 3.63) is 76.6 Å². The van der Waals surface area contributed by atoms with E-state index in [1.54, 1.807) is 0 Å². The maximum atomic E-state index is 9.09. The van der Waals surface area contributed by atoms with E-state index in [0.717, 1.165) is 29.8 Å². The zero-order valence-electron chi connectivity index (χ0n) is 14.9. The van der Waals surface area contributed by atoms with Crippen molar-refractivity contribution in [2.45, 2.75) is 45.4 Å². The SMILES string of the molecule is Cc1ccc2c(c1)[C@@H](n1cc(COc3ccc(CO)cc3)nn1)CCC2. The highest BCUT2D eigenvalue weighted by atomic mass is 16.5. The quantitative estimate of drug-likeness (QED) is 0.765. The van der Waals surface area contributed by atoms with Crippen LogP contribution in [-0.2, 0) is 19.6 Å². The summed E-state index contributed by atoms with van der Waals surface area (Å²) in [5, 5.41) is 17.7. The maximum Gasteiger partial charge on any atom is 0.134 e. The number of hydrogen-bond acceptors (Lipinski definition) is 4. The summed E-state index contributed by atoms with van der Waals surface area (Å²) in [6, 6.07) is 14.4. The second-order valence-corrected chi connectivity index (χ2v) is 6.89. The van der Waals surface area contributed by atoms with E-state index in [1.165, 1.54) is 23.1 Å². The molecule has 0 saturated heterocycles. The lowest BCUT2D eigenvalue weighted by molar-refractivity contribution is 0.280. The van der Waals surface area contributed by atoms with Gasteiger partial charge in [0.25, 0.3) is 0 Å². The number of nitrogens with zero attached hydrogens (tertiary/aromatic N) is 3. The van der Waals surface area contributed by atoms with Crippen LogP contribution in [0.25, 0.3) is 0 Å². The van der Waals surface area contributed by atoms with Crippen LogP contribution in [0.3, 0.4) is 0 Å². The molecule has 0 fully saturated rings. The Morgan fingerprint density at radius 3 is 2.85 bits per heavy atom. The molecule has 5 nitrogen and oxygen atoms in total. The Bertz CT molecular complexity index is 887. The van der Waals surface area contributed by atoms with Crippen LogP contribution in [0, 0.1) is 6.92 Å². The normalized spacial score (nSPS) is 16.3. The monoisotopic (exact) mass is 349 g/mol. The van der Waals surface area contributed by atoms with Gasteiger partial charge in [0.05, 0.1) is 18.8 Å². The van der Waals surface area contributed by atoms with Crippen molar-refractivity contribution in [1.82, 2.24) is 15.0 Å². The van der Waals surface area contributed by atoms with Crippen molar-refractivity contribution in [1.29, 1.82) is 0 Å². The molecule has 1 aliphatic rings. The zero-order chi connectivity index (χ0) is 17.9. The van der Waals surface area contributed by atoms with Crippen molar-refractivity contribution in [3.8, 4) is 5.75 Å². The summed E-state index contributed by atoms with van der Waals surface area (Å²) in [6.07, 6.45) is 5.39. The summed E-state index contributed by atoms with van der Waals surface area (Å²) < 4.78 is 7.76. The van der Waals surface area contributed by atoms with Crippen LogP contribution in [0.2, 0.25) is 0 Å². The minimum Gasteiger partial charge on any atom is -0.487 e. The van der Waals surface area contributed by atoms with E-state index in [0.29, 0.717) is 6.61 Å². The molecule has 3 aromatic rings. The summed E-state index contributed by atoms with van der Waals surface area (Å²) >= 11 is 0. The second-order valence-electron chi connectivity index (χ2n) is 6.89. The van der Waals surface area contributed by atoms with Gasteiger partial charge in [0.2, 0.25) is 0 Å². The fourth-order valence-corrected chi connectivity index (χ4v) is 3.55. The number of aliphatic hydroxyl groups excluding tert-OH is 1. The maximum absolute atomic E-state index is 9.09. The zero-order valence-corrected chi connectivity index (χ0v) is 14.9. The van der Waals surface area contributed by atoms with E-state index in [-0.39, 0.29) is 12.6 Å². The van der Waals surface area contributed by atoms with Crippen LogP contribution < -0.4 is 4.74 Å². The predicted molar refractivity (Wildman–Crippen MR) is 99.0 cm³/mol. The Hall–Kier alpha value is -2.66. The van der Waals surface area contributed by atoms with Gasteiger partial charge in [0.1, 0.15) is 18.1 Å². The van der Waals surface area contributed by atoms with Gasteiger partial charge in [-0.2, -0.15) is 0 Å². The average molecular weight is 349 g/mol. The third-order valence-electron chi connectivity index (χ3n) is 4.95. The number of benzene rings is 2. The fraction of sp³-hybridized carbons (Fsp3) is 0.333. The van der Waals surface area contributed by atoms with Crippen molar-refractivity contribution >= 4 is 0 Å². The molecule has 1 N–H and O–H groups in total. The lowest BCUT2D eigenvalue weighted by Crippen LogP contribution is -2.18. The summed E-state index contributed by atoms with van der Waals surface area (Å²) in [4.78, 5) is 0. The summed E-state index contributed by atoms with van der Waals surface area (Å²) in [6.45, 7) is 2.55. The molecule has 5 heteroatoms. The molecular formula is C21H23N3O2. The fourth-order valence-electron chi connectivity index (χ4n) is 3.55. The van der Waals surface area contributed by atoms with Crippen LogP contribution in [0.4, 0.5) is 0 Å². The Balaban J connectivity index is 1.47. The van der Waals surface area contributed by atoms with E-state index in [2.05, 4.69) is 35.4 Å². The van der Waals surface area contributed by atoms with Gasteiger partial charge in [-0.15, -0.1) is 5.10 Å². The third-order valence-corrected chi connectivity index (χ3v) is 4.95. The summed E-state index contributed by atoms with van der Waals surface area (Å²) in [7, 11) is 0. The van der Waals surface area contributed by atoms with Crippen LogP contribution in [0.15, 0.2) is 48.7 Å². The van der Waals surface area contributed by atoms with Crippen molar-refractivity contribution < 1.29 is 9.84 Å². The van der Waals surface area contributed by atoms with Gasteiger partial charge in [-0.3, -0.25) is 0 Å². The third kappa shape index (κ3) is 3.48. The van der Waals surface area contributed by atoms with Gasteiger partial charge in [-0.1, -0.05) is 41.1 Å². The molecule has 1 aromatic heterocycles. The highest BCUT2D eigenvalue weighted by molar-refractivity contribution is 5.36. The van der Waals surface area contributed by atoms with Crippen LogP contribution in [-0.4, -0.2) is 20.1 Å². The first kappa shape index (κ1) is 16.8. The molecule has 2 aromatic carbocycles. The first-order valence-corrected chi connectivity index (χ1v) is 9.05. The number of ether oxygens (including phenoxy) is 1. The summed E-state index contributed by atoms with van der Waals surface area (Å²) in [5.41, 5.74) is 5.76. The molecule has 0 saturated carbocycles. The Morgan fingerprint density at radius 2 is 2.04 bits per heavy atom. The van der Waals surface area contributed by atoms with E-state index in [1.807, 2.05) is 35.1 Å². The number of aromatic nitrogens is 3. The van der Waals surface area contributed by atoms with E-state index >= 15 is 0 Å². The van der Waals surface area contributed by atoms with Crippen molar-refractivity contribution in [2.24, 2.45) is 0 Å². The second kappa shape index (κ2) is 7.30. The first-order chi connectivity index (χ1) is 12.7. The highest BCUT2D eigenvalue weighted by Crippen LogP contribution is 2.33. The molecule has 1 aliphatic carbocycles. The number of aryl methyl sites for hydroxylation is 2. The smallest absolute Gasteiger partial charge is 0.134 e. The number of aliphatic hydroxyl groups is 1. The molecule has 26 heavy (non-hydrogen) atoms. The molecular weight excluding hydrogens is 326 g/mol. The predicted octanol–water partition coefficient (Wildman–Crippen LogP) is 3.58. The Labute approximate surface area is 153 Å². The van der Waals surface area contributed by atoms with Gasteiger partial charge in [0.15, 0.2) is 0 Å². The molecule has 1 atom stereocenters. The van der Waals surface area contributed by atoms with Gasteiger partial charge in [-0.25, -0.2) is 4.68 Å². The van der Waals surface area contributed by atoms with Gasteiger partial charge >= 0.3 is 0 Å². The van der Waals surface area contributed by atoms with Crippen molar-refractivity contribution in [3.63, 3.8) is 0 Å². The molecule has 0 unspecified atom stereocenters. The van der Waals surface area contributed by atoms with Gasteiger partial charge in [0, 0.05) is 0 Å². The van der Waals surface area contributed by atoms with Gasteiger partial charge in [-0.05, 0) is 55.0 Å². The number of hydrogen-bond donors (Lipinski definition) is 1. The molecule has 1 heterocycles. The van der Waals surface area contributed by atoms with E-state index < -0.39 is 0 Å². The largest absolute Gasteiger partial charge is 0.487 e. The topological polar surface area (TPSA) is 60.2 Å². The summed E-state index contributed by atoms with van der Waals surface area (Å²) in [5.74, 6) is 0.760. The average Bonchev–Trinajstić information content (AvgIpc) is 3.15. The number of fused-ring (bicyclic) bond motifs is 1. The molecule has 0 spiro atoms. The molecule has 4 rings (SSSR count). The molecule has 134 valence electrons. The molecule has 0 amide bonds. The minimum atomic E-state index is 0.0386. The standard InChI is InChI=1S/C21H23N3O2/c1-15-5-8-17-3-2-4-21(20(17)11-15)24-12-18(22-23-24)14-26-19-9-6-16(13-25)7-10-19/h5-12,21,25H,2-4,13-14H2,1H3/t21-/m0/s1. The van der Waals surface area contributed by atoms with Crippen LogP contribution in [0.5, 0.6) is 5.75 Å². The van der Waals surface area contributed by atoms with E-state index in [4.69, 9.17) is 9.84 Å². The van der Waals surface area contributed by atoms with Crippen LogP contribution >= 0.6 is 0 Å². The molecule has 0 aliphatic heterocycles. The Kier molecular flexibility index (Phi) is 4.71. The first-order valence-electron chi connectivity index (χ1n) is 9.05. The minimum absolute atomic E-state index is 0.0386. The molecule has 0 radical (unpaired) electrons. The molecule has 0 bridgehead atoms. The van der Waals surface area contributed by atoms with Crippen LogP contribution in [0.1, 0.15) is 46.8 Å².